The Bertz CT molecular complexity index is 281. The summed E-state index contributed by atoms with van der Waals surface area (Å²) in [6, 6.07) is 1.98. The number of hydrogen-bond donors (Lipinski definition) is 1. The lowest BCUT2D eigenvalue weighted by Gasteiger charge is -2.04. The van der Waals surface area contributed by atoms with E-state index in [1.807, 2.05) is 13.0 Å². The van der Waals surface area contributed by atoms with E-state index in [-0.39, 0.29) is 0 Å². The highest BCUT2D eigenvalue weighted by atomic mass is 15.0. The van der Waals surface area contributed by atoms with Gasteiger partial charge >= 0.3 is 0 Å². The molecule has 0 radical (unpaired) electrons. The molecule has 1 N–H and O–H groups in total. The third kappa shape index (κ3) is 2.68. The summed E-state index contributed by atoms with van der Waals surface area (Å²) in [5, 5.41) is 3.31. The van der Waals surface area contributed by atoms with E-state index < -0.39 is 0 Å². The number of aromatic nitrogens is 2. The van der Waals surface area contributed by atoms with E-state index in [0.717, 1.165) is 24.0 Å². The summed E-state index contributed by atoms with van der Waals surface area (Å²) in [5.41, 5.74) is 1.02. The SMILES string of the molecule is Cc1cc(NCCC2CC2)ncn1. The first kappa shape index (κ1) is 8.48. The zero-order valence-corrected chi connectivity index (χ0v) is 7.95. The van der Waals surface area contributed by atoms with Crippen molar-refractivity contribution in [3.63, 3.8) is 0 Å². The van der Waals surface area contributed by atoms with Crippen LogP contribution in [0, 0.1) is 12.8 Å². The smallest absolute Gasteiger partial charge is 0.129 e. The van der Waals surface area contributed by atoms with Gasteiger partial charge in [0.1, 0.15) is 12.1 Å². The number of nitrogens with zero attached hydrogens (tertiary/aromatic N) is 2. The maximum Gasteiger partial charge on any atom is 0.129 e. The van der Waals surface area contributed by atoms with Gasteiger partial charge in [-0.3, -0.25) is 0 Å². The molecule has 1 fully saturated rings. The molecular formula is C10H15N3. The van der Waals surface area contributed by atoms with Gasteiger partial charge in [0.15, 0.2) is 0 Å². The van der Waals surface area contributed by atoms with Gasteiger partial charge in [-0.1, -0.05) is 12.8 Å². The second kappa shape index (κ2) is 3.73. The summed E-state index contributed by atoms with van der Waals surface area (Å²) in [6.45, 7) is 3.02. The number of rotatable bonds is 4. The van der Waals surface area contributed by atoms with Crippen LogP contribution in [-0.4, -0.2) is 16.5 Å². The molecule has 1 aromatic heterocycles. The average Bonchev–Trinajstić information content (AvgIpc) is 2.88. The van der Waals surface area contributed by atoms with Crippen molar-refractivity contribution in [2.45, 2.75) is 26.2 Å². The molecule has 0 aromatic carbocycles. The summed E-state index contributed by atoms with van der Waals surface area (Å²) in [7, 11) is 0. The van der Waals surface area contributed by atoms with Crippen molar-refractivity contribution in [2.24, 2.45) is 5.92 Å². The van der Waals surface area contributed by atoms with Gasteiger partial charge in [0.2, 0.25) is 0 Å². The van der Waals surface area contributed by atoms with Crippen LogP contribution in [0.15, 0.2) is 12.4 Å². The van der Waals surface area contributed by atoms with Crippen LogP contribution in [0.5, 0.6) is 0 Å². The predicted octanol–water partition coefficient (Wildman–Crippen LogP) is 2.00. The second-order valence-corrected chi connectivity index (χ2v) is 3.70. The van der Waals surface area contributed by atoms with Crippen molar-refractivity contribution in [2.75, 3.05) is 11.9 Å². The molecule has 0 spiro atoms. The van der Waals surface area contributed by atoms with Crippen LogP contribution in [0.25, 0.3) is 0 Å². The molecule has 1 saturated carbocycles. The van der Waals surface area contributed by atoms with Crippen molar-refractivity contribution in [3.8, 4) is 0 Å². The van der Waals surface area contributed by atoms with Gasteiger partial charge < -0.3 is 5.32 Å². The topological polar surface area (TPSA) is 37.8 Å². The van der Waals surface area contributed by atoms with Gasteiger partial charge in [-0.05, 0) is 19.3 Å². The highest BCUT2D eigenvalue weighted by Gasteiger charge is 2.20. The number of nitrogens with one attached hydrogen (secondary N) is 1. The maximum absolute atomic E-state index is 4.13. The average molecular weight is 177 g/mol. The van der Waals surface area contributed by atoms with Gasteiger partial charge in [-0.25, -0.2) is 9.97 Å². The molecule has 3 nitrogen and oxygen atoms in total. The summed E-state index contributed by atoms with van der Waals surface area (Å²) < 4.78 is 0. The van der Waals surface area contributed by atoms with E-state index in [2.05, 4.69) is 15.3 Å². The van der Waals surface area contributed by atoms with E-state index in [4.69, 9.17) is 0 Å². The fraction of sp³-hybridized carbons (Fsp3) is 0.600. The van der Waals surface area contributed by atoms with E-state index in [0.29, 0.717) is 0 Å². The van der Waals surface area contributed by atoms with Crippen LogP contribution in [-0.2, 0) is 0 Å². The second-order valence-electron chi connectivity index (χ2n) is 3.70. The fourth-order valence-electron chi connectivity index (χ4n) is 1.36. The molecule has 13 heavy (non-hydrogen) atoms. The van der Waals surface area contributed by atoms with Crippen molar-refractivity contribution in [1.29, 1.82) is 0 Å². The molecule has 0 aliphatic heterocycles. The standard InChI is InChI=1S/C10H15N3/c1-8-6-10(13-7-12-8)11-5-4-9-2-3-9/h6-7,9H,2-5H2,1H3,(H,11,12,13). The van der Waals surface area contributed by atoms with E-state index in [1.165, 1.54) is 19.3 Å². The Labute approximate surface area is 78.6 Å². The minimum atomic E-state index is 0.952. The molecule has 3 heteroatoms. The van der Waals surface area contributed by atoms with E-state index >= 15 is 0 Å². The lowest BCUT2D eigenvalue weighted by Crippen LogP contribution is -2.04. The van der Waals surface area contributed by atoms with Crippen LogP contribution < -0.4 is 5.32 Å². The molecule has 1 aromatic rings. The minimum Gasteiger partial charge on any atom is -0.370 e. The first-order valence-corrected chi connectivity index (χ1v) is 4.87. The predicted molar refractivity (Wildman–Crippen MR) is 52.6 cm³/mol. The van der Waals surface area contributed by atoms with Crippen molar-refractivity contribution < 1.29 is 0 Å². The summed E-state index contributed by atoms with van der Waals surface area (Å²) >= 11 is 0. The molecule has 1 aliphatic carbocycles. The number of hydrogen-bond acceptors (Lipinski definition) is 3. The molecule has 0 atom stereocenters. The Hall–Kier alpha value is -1.12. The lowest BCUT2D eigenvalue weighted by atomic mass is 10.3. The van der Waals surface area contributed by atoms with Gasteiger partial charge in [0.25, 0.3) is 0 Å². The molecule has 0 bridgehead atoms. The number of anilines is 1. The first-order valence-electron chi connectivity index (χ1n) is 4.87. The van der Waals surface area contributed by atoms with Crippen LogP contribution >= 0.6 is 0 Å². The third-order valence-corrected chi connectivity index (χ3v) is 2.36. The Balaban J connectivity index is 1.79. The largest absolute Gasteiger partial charge is 0.370 e. The quantitative estimate of drug-likeness (QED) is 0.764. The van der Waals surface area contributed by atoms with Crippen molar-refractivity contribution >= 4 is 5.82 Å². The fourth-order valence-corrected chi connectivity index (χ4v) is 1.36. The first-order chi connectivity index (χ1) is 6.34. The van der Waals surface area contributed by atoms with Crippen LogP contribution in [0.3, 0.4) is 0 Å². The van der Waals surface area contributed by atoms with E-state index in [1.54, 1.807) is 6.33 Å². The normalized spacial score (nSPS) is 15.8. The summed E-state index contributed by atoms with van der Waals surface area (Å²) in [4.78, 5) is 8.18. The van der Waals surface area contributed by atoms with Gasteiger partial charge in [-0.15, -0.1) is 0 Å². The third-order valence-electron chi connectivity index (χ3n) is 2.36. The van der Waals surface area contributed by atoms with Gasteiger partial charge in [0.05, 0.1) is 0 Å². The summed E-state index contributed by atoms with van der Waals surface area (Å²) in [6.07, 6.45) is 5.73. The molecule has 70 valence electrons. The zero-order valence-electron chi connectivity index (χ0n) is 7.95. The lowest BCUT2D eigenvalue weighted by molar-refractivity contribution is 0.758. The van der Waals surface area contributed by atoms with Crippen molar-refractivity contribution in [3.05, 3.63) is 18.1 Å². The molecule has 2 rings (SSSR count). The molecule has 0 unspecified atom stereocenters. The Kier molecular flexibility index (Phi) is 2.43. The monoisotopic (exact) mass is 177 g/mol. The molecule has 1 heterocycles. The molecule has 0 saturated heterocycles. The van der Waals surface area contributed by atoms with Gasteiger partial charge in [-0.2, -0.15) is 0 Å². The highest BCUT2D eigenvalue weighted by Crippen LogP contribution is 2.31. The minimum absolute atomic E-state index is 0.952. The number of aryl methyl sites for hydroxylation is 1. The Morgan fingerprint density at radius 2 is 2.31 bits per heavy atom. The van der Waals surface area contributed by atoms with E-state index in [9.17, 15) is 0 Å². The van der Waals surface area contributed by atoms with Crippen LogP contribution in [0.4, 0.5) is 5.82 Å². The van der Waals surface area contributed by atoms with Crippen LogP contribution in [0.1, 0.15) is 25.0 Å². The van der Waals surface area contributed by atoms with Crippen LogP contribution in [0.2, 0.25) is 0 Å². The summed E-state index contributed by atoms with van der Waals surface area (Å²) in [5.74, 6) is 1.93. The van der Waals surface area contributed by atoms with Gasteiger partial charge in [0, 0.05) is 18.3 Å². The molecular weight excluding hydrogens is 162 g/mol. The molecule has 0 amide bonds. The molecule has 1 aliphatic rings. The highest BCUT2D eigenvalue weighted by molar-refractivity contribution is 5.34. The maximum atomic E-state index is 4.13. The Morgan fingerprint density at radius 1 is 1.46 bits per heavy atom. The van der Waals surface area contributed by atoms with Crippen molar-refractivity contribution in [1.82, 2.24) is 9.97 Å². The Morgan fingerprint density at radius 3 is 3.00 bits per heavy atom. The zero-order chi connectivity index (χ0) is 9.10.